The number of carbonyl (C=O) groups is 1. The Morgan fingerprint density at radius 2 is 1.87 bits per heavy atom. The van der Waals surface area contributed by atoms with Crippen molar-refractivity contribution in [2.24, 2.45) is 0 Å². The number of hydrogen-bond donors (Lipinski definition) is 1. The highest BCUT2D eigenvalue weighted by Crippen LogP contribution is 2.33. The highest BCUT2D eigenvalue weighted by molar-refractivity contribution is 5.92. The Kier molecular flexibility index (Phi) is 6.80. The van der Waals surface area contributed by atoms with Crippen molar-refractivity contribution in [3.63, 3.8) is 0 Å². The average molecular weight is 438 g/mol. The molecule has 2 heterocycles. The van der Waals surface area contributed by atoms with E-state index in [1.807, 2.05) is 13.8 Å². The highest BCUT2D eigenvalue weighted by atomic mass is 19.4. The minimum absolute atomic E-state index is 0.0825. The second-order valence-corrected chi connectivity index (χ2v) is 7.70. The minimum Gasteiger partial charge on any atom is -0.373 e. The van der Waals surface area contributed by atoms with E-state index in [9.17, 15) is 22.8 Å². The van der Waals surface area contributed by atoms with Crippen molar-refractivity contribution < 1.29 is 22.7 Å². The van der Waals surface area contributed by atoms with Crippen LogP contribution in [0.25, 0.3) is 5.69 Å². The van der Waals surface area contributed by atoms with Gasteiger partial charge in [0, 0.05) is 37.9 Å². The van der Waals surface area contributed by atoms with E-state index in [2.05, 4.69) is 15.3 Å². The Morgan fingerprint density at radius 3 is 2.52 bits per heavy atom. The first-order valence-electron chi connectivity index (χ1n) is 10.00. The number of aromatic nitrogens is 2. The second kappa shape index (κ2) is 9.19. The molecule has 1 aliphatic rings. The first kappa shape index (κ1) is 23.0. The second-order valence-electron chi connectivity index (χ2n) is 7.70. The monoisotopic (exact) mass is 438 g/mol. The molecule has 1 amide bonds. The van der Waals surface area contributed by atoms with Crippen LogP contribution in [-0.4, -0.2) is 59.0 Å². The predicted octanol–water partition coefficient (Wildman–Crippen LogP) is 2.40. The van der Waals surface area contributed by atoms with Crippen LogP contribution in [0.1, 0.15) is 35.6 Å². The van der Waals surface area contributed by atoms with E-state index in [-0.39, 0.29) is 30.1 Å². The number of hydrogen-bond acceptors (Lipinski definition) is 5. The molecular formula is C21H25F3N4O3. The van der Waals surface area contributed by atoms with Crippen LogP contribution in [0.2, 0.25) is 0 Å². The summed E-state index contributed by atoms with van der Waals surface area (Å²) >= 11 is 0. The summed E-state index contributed by atoms with van der Waals surface area (Å²) in [7, 11) is 0. The summed E-state index contributed by atoms with van der Waals surface area (Å²) in [4.78, 5) is 27.0. The Balaban J connectivity index is 1.79. The zero-order chi connectivity index (χ0) is 22.8. The lowest BCUT2D eigenvalue weighted by Crippen LogP contribution is -2.48. The summed E-state index contributed by atoms with van der Waals surface area (Å²) in [5.74, 6) is -0.724. The zero-order valence-corrected chi connectivity index (χ0v) is 17.6. The molecule has 10 heteroatoms. The number of benzene rings is 1. The Hall–Kier alpha value is -2.72. The number of carbonyl (C=O) groups excluding carboxylic acids is 1. The molecule has 0 aliphatic carbocycles. The van der Waals surface area contributed by atoms with E-state index < -0.39 is 28.8 Å². The number of aryl methyl sites for hydroxylation is 1. The molecule has 1 aromatic carbocycles. The van der Waals surface area contributed by atoms with Gasteiger partial charge in [0.25, 0.3) is 5.91 Å². The molecule has 0 spiro atoms. The van der Waals surface area contributed by atoms with E-state index >= 15 is 0 Å². The molecule has 1 aliphatic heterocycles. The van der Waals surface area contributed by atoms with Crippen molar-refractivity contribution in [3.8, 4) is 5.69 Å². The summed E-state index contributed by atoms with van der Waals surface area (Å²) in [5.41, 5.74) is -2.07. The smallest absolute Gasteiger partial charge is 0.373 e. The minimum atomic E-state index is -4.61. The molecule has 2 unspecified atom stereocenters. The number of morpholine rings is 1. The average Bonchev–Trinajstić information content (AvgIpc) is 2.66. The topological polar surface area (TPSA) is 76.5 Å². The van der Waals surface area contributed by atoms with Crippen molar-refractivity contribution in [1.82, 2.24) is 20.0 Å². The van der Waals surface area contributed by atoms with Gasteiger partial charge in [0.05, 0.1) is 23.5 Å². The molecule has 31 heavy (non-hydrogen) atoms. The molecule has 2 atom stereocenters. The van der Waals surface area contributed by atoms with Gasteiger partial charge in [-0.2, -0.15) is 18.3 Å². The number of amides is 1. The van der Waals surface area contributed by atoms with E-state index in [0.29, 0.717) is 6.54 Å². The van der Waals surface area contributed by atoms with Crippen LogP contribution < -0.4 is 10.7 Å². The Labute approximate surface area is 177 Å². The quantitative estimate of drug-likeness (QED) is 0.776. The largest absolute Gasteiger partial charge is 0.418 e. The van der Waals surface area contributed by atoms with Crippen LogP contribution in [0.15, 0.2) is 35.1 Å². The number of nitrogens with zero attached hydrogens (tertiary/aromatic N) is 3. The molecule has 1 aromatic heterocycles. The summed E-state index contributed by atoms with van der Waals surface area (Å²) < 4.78 is 46.9. The van der Waals surface area contributed by atoms with Gasteiger partial charge in [-0.1, -0.05) is 12.1 Å². The maximum atomic E-state index is 13.4. The number of halogens is 3. The van der Waals surface area contributed by atoms with Gasteiger partial charge in [-0.15, -0.1) is 0 Å². The number of nitrogens with one attached hydrogen (secondary N) is 1. The van der Waals surface area contributed by atoms with Crippen LogP contribution in [0.3, 0.4) is 0 Å². The summed E-state index contributed by atoms with van der Waals surface area (Å²) in [6, 6.07) is 5.99. The summed E-state index contributed by atoms with van der Waals surface area (Å²) in [6.45, 7) is 7.68. The molecule has 0 radical (unpaired) electrons. The maximum Gasteiger partial charge on any atom is 0.418 e. The van der Waals surface area contributed by atoms with E-state index in [0.717, 1.165) is 29.9 Å². The van der Waals surface area contributed by atoms with Crippen molar-refractivity contribution in [1.29, 1.82) is 0 Å². The lowest BCUT2D eigenvalue weighted by molar-refractivity contribution is -0.137. The third kappa shape index (κ3) is 5.50. The van der Waals surface area contributed by atoms with E-state index in [1.54, 1.807) is 0 Å². The van der Waals surface area contributed by atoms with Crippen LogP contribution in [0.5, 0.6) is 0 Å². The van der Waals surface area contributed by atoms with Crippen molar-refractivity contribution in [3.05, 3.63) is 57.5 Å². The van der Waals surface area contributed by atoms with Crippen molar-refractivity contribution >= 4 is 5.91 Å². The lowest BCUT2D eigenvalue weighted by Gasteiger charge is -2.35. The first-order chi connectivity index (χ1) is 14.6. The summed E-state index contributed by atoms with van der Waals surface area (Å²) in [6.07, 6.45) is -4.44. The molecule has 2 aromatic rings. The third-order valence-corrected chi connectivity index (χ3v) is 4.97. The van der Waals surface area contributed by atoms with Crippen LogP contribution in [-0.2, 0) is 10.9 Å². The van der Waals surface area contributed by atoms with Gasteiger partial charge in [-0.3, -0.25) is 14.5 Å². The molecule has 3 rings (SSSR count). The van der Waals surface area contributed by atoms with Gasteiger partial charge in [0.1, 0.15) is 0 Å². The lowest BCUT2D eigenvalue weighted by atomic mass is 10.1. The number of para-hydroxylation sites is 1. The molecule has 0 bridgehead atoms. The number of ether oxygens (including phenoxy) is 1. The zero-order valence-electron chi connectivity index (χ0n) is 17.6. The fraction of sp³-hybridized carbons (Fsp3) is 0.476. The Morgan fingerprint density at radius 1 is 1.23 bits per heavy atom. The SMILES string of the molecule is Cc1cc(=O)c(C(=O)NCCN2CC(C)OC(C)C2)nn1-c1ccccc1C(F)(F)F. The van der Waals surface area contributed by atoms with Crippen molar-refractivity contribution in [2.75, 3.05) is 26.2 Å². The fourth-order valence-electron chi connectivity index (χ4n) is 3.72. The van der Waals surface area contributed by atoms with E-state index in [4.69, 9.17) is 4.74 Å². The molecular weight excluding hydrogens is 413 g/mol. The molecule has 1 saturated heterocycles. The maximum absolute atomic E-state index is 13.4. The van der Waals surface area contributed by atoms with Crippen molar-refractivity contribution in [2.45, 2.75) is 39.2 Å². The summed E-state index contributed by atoms with van der Waals surface area (Å²) in [5, 5.41) is 6.60. The van der Waals surface area contributed by atoms with Gasteiger partial charge < -0.3 is 10.1 Å². The van der Waals surface area contributed by atoms with Gasteiger partial charge in [0.15, 0.2) is 5.69 Å². The van der Waals surface area contributed by atoms with Gasteiger partial charge >= 0.3 is 6.18 Å². The normalized spacial score (nSPS) is 19.9. The molecule has 7 nitrogen and oxygen atoms in total. The first-order valence-corrected chi connectivity index (χ1v) is 10.00. The van der Waals surface area contributed by atoms with Crippen LogP contribution in [0.4, 0.5) is 13.2 Å². The Bertz CT molecular complexity index is 996. The predicted molar refractivity (Wildman–Crippen MR) is 108 cm³/mol. The molecule has 1 N–H and O–H groups in total. The molecule has 168 valence electrons. The van der Waals surface area contributed by atoms with Gasteiger partial charge in [-0.05, 0) is 32.9 Å². The highest BCUT2D eigenvalue weighted by Gasteiger charge is 2.34. The van der Waals surface area contributed by atoms with Gasteiger partial charge in [0.2, 0.25) is 5.43 Å². The van der Waals surface area contributed by atoms with Crippen LogP contribution >= 0.6 is 0 Å². The van der Waals surface area contributed by atoms with Gasteiger partial charge in [-0.25, -0.2) is 4.68 Å². The molecule has 1 fully saturated rings. The standard InChI is InChI=1S/C21H25F3N4O3/c1-13-10-18(29)19(20(30)25-8-9-27-11-14(2)31-15(3)12-27)26-28(13)17-7-5-4-6-16(17)21(22,23)24/h4-7,10,14-15H,8-9,11-12H2,1-3H3,(H,25,30). The van der Waals surface area contributed by atoms with E-state index in [1.165, 1.54) is 25.1 Å². The fourth-order valence-corrected chi connectivity index (χ4v) is 3.72. The molecule has 0 saturated carbocycles. The number of rotatable bonds is 5. The number of alkyl halides is 3. The van der Waals surface area contributed by atoms with Crippen LogP contribution in [0, 0.1) is 6.92 Å². The third-order valence-electron chi connectivity index (χ3n) is 4.97.